The molecule has 1 N–H and O–H groups in total. The smallest absolute Gasteiger partial charge is 0.231 e. The average Bonchev–Trinajstić information content (AvgIpc) is 3.39. The van der Waals surface area contributed by atoms with E-state index in [0.29, 0.717) is 12.4 Å². The highest BCUT2D eigenvalue weighted by Gasteiger charge is 2.16. The second kappa shape index (κ2) is 9.30. The largest absolute Gasteiger partial charge is 0.454 e. The van der Waals surface area contributed by atoms with Crippen LogP contribution in [0.4, 0.5) is 0 Å². The van der Waals surface area contributed by atoms with Gasteiger partial charge in [0.05, 0.1) is 19.3 Å². The standard InChI is InChI=1S/C21H23N3O4S/c1-2-24-20(16-6-4-3-5-7-16)22-23-21(24)29-13-17(25)12-26-11-15-8-9-18-19(10-15)28-14-27-18/h3-10,17,25H,2,11-14H2,1H3/t17-/m1/s1. The number of benzene rings is 2. The minimum Gasteiger partial charge on any atom is -0.454 e. The van der Waals surface area contributed by atoms with Gasteiger partial charge in [-0.15, -0.1) is 10.2 Å². The monoisotopic (exact) mass is 413 g/mol. The lowest BCUT2D eigenvalue weighted by Crippen LogP contribution is -2.18. The van der Waals surface area contributed by atoms with Crippen LogP contribution in [0.5, 0.6) is 11.5 Å². The maximum absolute atomic E-state index is 10.3. The van der Waals surface area contributed by atoms with Crippen molar-refractivity contribution >= 4 is 11.8 Å². The van der Waals surface area contributed by atoms with Crippen molar-refractivity contribution in [1.29, 1.82) is 0 Å². The first-order valence-electron chi connectivity index (χ1n) is 9.50. The Labute approximate surface area is 173 Å². The number of rotatable bonds is 9. The summed E-state index contributed by atoms with van der Waals surface area (Å²) >= 11 is 1.48. The number of aliphatic hydroxyl groups is 1. The number of thioether (sulfide) groups is 1. The number of aromatic nitrogens is 3. The fraction of sp³-hybridized carbons (Fsp3) is 0.333. The third kappa shape index (κ3) is 4.72. The van der Waals surface area contributed by atoms with E-state index in [2.05, 4.69) is 21.7 Å². The highest BCUT2D eigenvalue weighted by Crippen LogP contribution is 2.32. The summed E-state index contributed by atoms with van der Waals surface area (Å²) in [6.45, 7) is 3.72. The topological polar surface area (TPSA) is 78.6 Å². The van der Waals surface area contributed by atoms with E-state index in [1.54, 1.807) is 0 Å². The van der Waals surface area contributed by atoms with Crippen molar-refractivity contribution in [1.82, 2.24) is 14.8 Å². The SMILES string of the molecule is CCn1c(SC[C@H](O)COCc2ccc3c(c2)OCO3)nnc1-c1ccccc1. The quantitative estimate of drug-likeness (QED) is 0.539. The van der Waals surface area contributed by atoms with Gasteiger partial charge in [-0.25, -0.2) is 0 Å². The number of hydrogen-bond donors (Lipinski definition) is 1. The van der Waals surface area contributed by atoms with E-state index in [9.17, 15) is 5.11 Å². The van der Waals surface area contributed by atoms with Gasteiger partial charge in [-0.3, -0.25) is 0 Å². The van der Waals surface area contributed by atoms with Crippen molar-refractivity contribution in [3.63, 3.8) is 0 Å². The Morgan fingerprint density at radius 2 is 1.97 bits per heavy atom. The molecule has 0 saturated heterocycles. The lowest BCUT2D eigenvalue weighted by Gasteiger charge is -2.12. The minimum absolute atomic E-state index is 0.243. The molecule has 1 atom stereocenters. The molecule has 1 aliphatic heterocycles. The Morgan fingerprint density at radius 3 is 2.79 bits per heavy atom. The summed E-state index contributed by atoms with van der Waals surface area (Å²) in [5.74, 6) is 2.80. The Balaban J connectivity index is 1.27. The van der Waals surface area contributed by atoms with Gasteiger partial charge >= 0.3 is 0 Å². The van der Waals surface area contributed by atoms with Gasteiger partial charge in [0.15, 0.2) is 22.5 Å². The average molecular weight is 413 g/mol. The zero-order valence-corrected chi connectivity index (χ0v) is 17.0. The summed E-state index contributed by atoms with van der Waals surface area (Å²) in [6, 6.07) is 15.7. The molecule has 0 fully saturated rings. The van der Waals surface area contributed by atoms with Crippen LogP contribution in [0.2, 0.25) is 0 Å². The van der Waals surface area contributed by atoms with Crippen molar-refractivity contribution in [2.24, 2.45) is 0 Å². The minimum atomic E-state index is -0.601. The van der Waals surface area contributed by atoms with Crippen LogP contribution in [-0.2, 0) is 17.9 Å². The van der Waals surface area contributed by atoms with Gasteiger partial charge in [0, 0.05) is 17.9 Å². The molecular weight excluding hydrogens is 390 g/mol. The van der Waals surface area contributed by atoms with Crippen LogP contribution in [0.25, 0.3) is 11.4 Å². The summed E-state index contributed by atoms with van der Waals surface area (Å²) in [5, 5.41) is 19.7. The highest BCUT2D eigenvalue weighted by molar-refractivity contribution is 7.99. The van der Waals surface area contributed by atoms with Gasteiger partial charge in [0.1, 0.15) is 0 Å². The van der Waals surface area contributed by atoms with Crippen LogP contribution < -0.4 is 9.47 Å². The maximum atomic E-state index is 10.3. The van der Waals surface area contributed by atoms with Crippen LogP contribution in [0.15, 0.2) is 53.7 Å². The Kier molecular flexibility index (Phi) is 6.33. The van der Waals surface area contributed by atoms with E-state index in [4.69, 9.17) is 14.2 Å². The van der Waals surface area contributed by atoms with Crippen LogP contribution >= 0.6 is 11.8 Å². The molecule has 0 bridgehead atoms. The molecule has 0 saturated carbocycles. The van der Waals surface area contributed by atoms with Gasteiger partial charge in [0.25, 0.3) is 0 Å². The van der Waals surface area contributed by atoms with Crippen LogP contribution in [0, 0.1) is 0 Å². The second-order valence-electron chi connectivity index (χ2n) is 6.58. The summed E-state index contributed by atoms with van der Waals surface area (Å²) < 4.78 is 18.4. The van der Waals surface area contributed by atoms with Gasteiger partial charge in [-0.05, 0) is 24.6 Å². The molecule has 1 aliphatic rings. The fourth-order valence-electron chi connectivity index (χ4n) is 3.04. The number of hydrogen-bond acceptors (Lipinski definition) is 7. The van der Waals surface area contributed by atoms with Gasteiger partial charge in [-0.1, -0.05) is 48.2 Å². The molecule has 8 heteroatoms. The number of ether oxygens (including phenoxy) is 3. The lowest BCUT2D eigenvalue weighted by atomic mass is 10.2. The molecule has 2 aromatic carbocycles. The summed E-state index contributed by atoms with van der Waals surface area (Å²) in [7, 11) is 0. The molecule has 152 valence electrons. The van der Waals surface area contributed by atoms with Crippen molar-refractivity contribution in [3.05, 3.63) is 54.1 Å². The Bertz CT molecular complexity index is 948. The van der Waals surface area contributed by atoms with E-state index >= 15 is 0 Å². The molecule has 2 heterocycles. The zero-order valence-electron chi connectivity index (χ0n) is 16.2. The highest BCUT2D eigenvalue weighted by atomic mass is 32.2. The van der Waals surface area contributed by atoms with E-state index in [1.165, 1.54) is 11.8 Å². The van der Waals surface area contributed by atoms with Gasteiger partial charge < -0.3 is 23.9 Å². The number of aliphatic hydroxyl groups excluding tert-OH is 1. The Morgan fingerprint density at radius 1 is 1.14 bits per heavy atom. The Hall–Kier alpha value is -2.55. The molecule has 4 rings (SSSR count). The number of fused-ring (bicyclic) bond motifs is 1. The summed E-state index contributed by atoms with van der Waals surface area (Å²) in [4.78, 5) is 0. The molecule has 1 aromatic heterocycles. The first-order valence-corrected chi connectivity index (χ1v) is 10.5. The van der Waals surface area contributed by atoms with E-state index < -0.39 is 6.10 Å². The number of nitrogens with zero attached hydrogens (tertiary/aromatic N) is 3. The van der Waals surface area contributed by atoms with Crippen LogP contribution in [0.3, 0.4) is 0 Å². The van der Waals surface area contributed by atoms with E-state index in [-0.39, 0.29) is 13.4 Å². The van der Waals surface area contributed by atoms with Crippen LogP contribution in [-0.4, -0.2) is 45.1 Å². The van der Waals surface area contributed by atoms with Gasteiger partial charge in [-0.2, -0.15) is 0 Å². The second-order valence-corrected chi connectivity index (χ2v) is 7.57. The normalized spacial score (nSPS) is 13.6. The molecular formula is C21H23N3O4S. The van der Waals surface area contributed by atoms with Crippen molar-refractivity contribution in [2.45, 2.75) is 31.3 Å². The summed E-state index contributed by atoms with van der Waals surface area (Å²) in [5.41, 5.74) is 2.01. The van der Waals surface area contributed by atoms with E-state index in [0.717, 1.165) is 40.2 Å². The maximum Gasteiger partial charge on any atom is 0.231 e. The van der Waals surface area contributed by atoms with Gasteiger partial charge in [0.2, 0.25) is 6.79 Å². The molecule has 0 radical (unpaired) electrons. The molecule has 3 aromatic rings. The molecule has 7 nitrogen and oxygen atoms in total. The zero-order chi connectivity index (χ0) is 20.1. The third-order valence-corrected chi connectivity index (χ3v) is 5.60. The first-order chi connectivity index (χ1) is 14.2. The predicted molar refractivity (Wildman–Crippen MR) is 110 cm³/mol. The summed E-state index contributed by atoms with van der Waals surface area (Å²) in [6.07, 6.45) is -0.601. The molecule has 29 heavy (non-hydrogen) atoms. The van der Waals surface area contributed by atoms with E-state index in [1.807, 2.05) is 48.5 Å². The fourth-order valence-corrected chi connectivity index (χ4v) is 3.95. The van der Waals surface area contributed by atoms with Crippen molar-refractivity contribution < 1.29 is 19.3 Å². The van der Waals surface area contributed by atoms with Crippen LogP contribution in [0.1, 0.15) is 12.5 Å². The molecule has 0 unspecified atom stereocenters. The molecule has 0 spiro atoms. The molecule has 0 aliphatic carbocycles. The lowest BCUT2D eigenvalue weighted by molar-refractivity contribution is 0.0397. The van der Waals surface area contributed by atoms with Crippen molar-refractivity contribution in [2.75, 3.05) is 19.2 Å². The van der Waals surface area contributed by atoms with Crippen molar-refractivity contribution in [3.8, 4) is 22.9 Å². The first kappa shape index (κ1) is 19.8. The predicted octanol–water partition coefficient (Wildman–Crippen LogP) is 3.36. The third-order valence-electron chi connectivity index (χ3n) is 4.49. The molecule has 0 amide bonds.